The maximum atomic E-state index is 10.8. The first-order valence-corrected chi connectivity index (χ1v) is 6.63. The topological polar surface area (TPSA) is 45.8 Å². The van der Waals surface area contributed by atoms with Crippen molar-refractivity contribution in [1.29, 1.82) is 0 Å². The van der Waals surface area contributed by atoms with Crippen LogP contribution < -0.4 is 0 Å². The van der Waals surface area contributed by atoms with Crippen molar-refractivity contribution >= 4 is 23.0 Å². The number of aromatic nitrogens is 2. The number of nitrogens with zero attached hydrogens (tertiary/aromatic N) is 1. The van der Waals surface area contributed by atoms with E-state index in [0.29, 0.717) is 0 Å². The van der Waals surface area contributed by atoms with Crippen molar-refractivity contribution in [3.63, 3.8) is 0 Å². The number of hydrogen-bond acceptors (Lipinski definition) is 3. The predicted molar refractivity (Wildman–Crippen MR) is 76.2 cm³/mol. The number of hydrogen-bond donors (Lipinski definition) is 1. The fourth-order valence-corrected chi connectivity index (χ4v) is 1.96. The van der Waals surface area contributed by atoms with E-state index < -0.39 is 0 Å². The highest BCUT2D eigenvalue weighted by atomic mass is 32.2. The van der Waals surface area contributed by atoms with E-state index in [4.69, 9.17) is 0 Å². The fourth-order valence-electron chi connectivity index (χ4n) is 1.54. The van der Waals surface area contributed by atoms with Crippen LogP contribution in [0.2, 0.25) is 0 Å². The molecule has 0 saturated heterocycles. The summed E-state index contributed by atoms with van der Waals surface area (Å²) in [6, 6.07) is 8.19. The summed E-state index contributed by atoms with van der Waals surface area (Å²) in [6.45, 7) is 1.58. The lowest BCUT2D eigenvalue weighted by molar-refractivity contribution is -0.109. The summed E-state index contributed by atoms with van der Waals surface area (Å²) < 4.78 is 0. The number of aromatic amines is 1. The molecule has 1 N–H and O–H groups in total. The minimum atomic E-state index is 0.147. The minimum absolute atomic E-state index is 0.147. The summed E-state index contributed by atoms with van der Waals surface area (Å²) >= 11 is 1.31. The van der Waals surface area contributed by atoms with Crippen molar-refractivity contribution in [3.05, 3.63) is 48.4 Å². The highest BCUT2D eigenvalue weighted by Crippen LogP contribution is 2.17. The fraction of sp³-hybridized carbons (Fsp3) is 0.143. The largest absolute Gasteiger partial charge is 0.345 e. The van der Waals surface area contributed by atoms with Crippen LogP contribution >= 0.6 is 11.8 Å². The van der Waals surface area contributed by atoms with Gasteiger partial charge in [-0.25, -0.2) is 4.98 Å². The molecule has 4 heteroatoms. The molecular weight excluding hydrogens is 244 g/mol. The van der Waals surface area contributed by atoms with Gasteiger partial charge in [0.15, 0.2) is 5.12 Å². The average Bonchev–Trinajstić information content (AvgIpc) is 2.89. The van der Waals surface area contributed by atoms with Crippen LogP contribution in [0.1, 0.15) is 12.5 Å². The second-order valence-electron chi connectivity index (χ2n) is 3.79. The number of rotatable bonds is 4. The monoisotopic (exact) mass is 258 g/mol. The number of H-pyrrole nitrogens is 1. The van der Waals surface area contributed by atoms with Gasteiger partial charge in [-0.3, -0.25) is 4.79 Å². The first kappa shape index (κ1) is 12.6. The second kappa shape index (κ2) is 6.21. The molecule has 1 heterocycles. The summed E-state index contributed by atoms with van der Waals surface area (Å²) in [5.74, 6) is 0.720. The molecule has 0 radical (unpaired) electrons. The van der Waals surface area contributed by atoms with Crippen LogP contribution in [-0.4, -0.2) is 20.8 Å². The molecule has 0 aliphatic heterocycles. The third-order valence-corrected chi connectivity index (χ3v) is 3.18. The Hall–Kier alpha value is -1.81. The smallest absolute Gasteiger partial charge is 0.186 e. The molecule has 0 saturated carbocycles. The number of nitrogens with one attached hydrogen (secondary N) is 1. The van der Waals surface area contributed by atoms with Crippen molar-refractivity contribution in [2.45, 2.75) is 6.92 Å². The van der Waals surface area contributed by atoms with E-state index in [1.807, 2.05) is 36.4 Å². The third-order valence-electron chi connectivity index (χ3n) is 2.41. The van der Waals surface area contributed by atoms with E-state index in [-0.39, 0.29) is 5.12 Å². The molecule has 3 nitrogen and oxygen atoms in total. The Morgan fingerprint density at radius 3 is 2.78 bits per heavy atom. The van der Waals surface area contributed by atoms with Gasteiger partial charge in [-0.1, -0.05) is 48.2 Å². The lowest BCUT2D eigenvalue weighted by atomic mass is 10.1. The van der Waals surface area contributed by atoms with E-state index in [1.54, 1.807) is 19.4 Å². The molecule has 0 atom stereocenters. The molecule has 0 aliphatic carbocycles. The lowest BCUT2D eigenvalue weighted by Crippen LogP contribution is -1.82. The van der Waals surface area contributed by atoms with Crippen molar-refractivity contribution in [2.24, 2.45) is 0 Å². The molecule has 92 valence electrons. The second-order valence-corrected chi connectivity index (χ2v) is 4.99. The molecule has 0 bridgehead atoms. The minimum Gasteiger partial charge on any atom is -0.345 e. The van der Waals surface area contributed by atoms with Crippen LogP contribution in [0.5, 0.6) is 0 Å². The summed E-state index contributed by atoms with van der Waals surface area (Å²) in [5, 5.41) is 0.147. The van der Waals surface area contributed by atoms with Crippen LogP contribution in [-0.2, 0) is 4.79 Å². The normalized spacial score (nSPS) is 10.9. The van der Waals surface area contributed by atoms with Gasteiger partial charge in [0, 0.05) is 12.7 Å². The molecule has 18 heavy (non-hydrogen) atoms. The Morgan fingerprint density at radius 2 is 2.17 bits per heavy atom. The Kier molecular flexibility index (Phi) is 4.36. The number of benzene rings is 1. The average molecular weight is 258 g/mol. The highest BCUT2D eigenvalue weighted by Gasteiger charge is 1.97. The van der Waals surface area contributed by atoms with E-state index in [2.05, 4.69) is 9.97 Å². The van der Waals surface area contributed by atoms with Gasteiger partial charge in [0.1, 0.15) is 0 Å². The Labute approximate surface area is 110 Å². The summed E-state index contributed by atoms with van der Waals surface area (Å²) in [4.78, 5) is 17.8. The summed E-state index contributed by atoms with van der Waals surface area (Å²) in [6.07, 6.45) is 7.49. The van der Waals surface area contributed by atoms with Gasteiger partial charge in [-0.2, -0.15) is 0 Å². The molecule has 0 unspecified atom stereocenters. The third kappa shape index (κ3) is 3.60. The van der Waals surface area contributed by atoms with Gasteiger partial charge >= 0.3 is 0 Å². The zero-order chi connectivity index (χ0) is 12.8. The molecule has 0 fully saturated rings. The maximum absolute atomic E-state index is 10.8. The summed E-state index contributed by atoms with van der Waals surface area (Å²) in [7, 11) is 0. The maximum Gasteiger partial charge on any atom is 0.186 e. The molecule has 0 aliphatic rings. The molecule has 2 aromatic rings. The number of imidazole rings is 1. The number of carbonyl (C=O) groups excluding carboxylic acids is 1. The molecule has 0 spiro atoms. The Morgan fingerprint density at radius 1 is 1.39 bits per heavy atom. The molecular formula is C14H14N2OS. The SMILES string of the molecule is CC(=O)SCC=Cc1ccc(-c2cnc[nH]2)cc1. The molecule has 2 rings (SSSR count). The van der Waals surface area contributed by atoms with Crippen molar-refractivity contribution < 1.29 is 4.79 Å². The van der Waals surface area contributed by atoms with Crippen LogP contribution in [0.15, 0.2) is 42.9 Å². The predicted octanol–water partition coefficient (Wildman–Crippen LogP) is 3.37. The van der Waals surface area contributed by atoms with Gasteiger partial charge in [-0.05, 0) is 11.1 Å². The van der Waals surface area contributed by atoms with Gasteiger partial charge in [0.05, 0.1) is 18.2 Å². The van der Waals surface area contributed by atoms with Crippen molar-refractivity contribution in [1.82, 2.24) is 9.97 Å². The van der Waals surface area contributed by atoms with Crippen LogP contribution in [0.25, 0.3) is 17.3 Å². The van der Waals surface area contributed by atoms with Gasteiger partial charge in [-0.15, -0.1) is 0 Å². The quantitative estimate of drug-likeness (QED) is 0.914. The van der Waals surface area contributed by atoms with Crippen molar-refractivity contribution in [2.75, 3.05) is 5.75 Å². The first-order chi connectivity index (χ1) is 8.75. The molecule has 1 aromatic carbocycles. The van der Waals surface area contributed by atoms with Crippen LogP contribution in [0.4, 0.5) is 0 Å². The van der Waals surface area contributed by atoms with Gasteiger partial charge < -0.3 is 4.98 Å². The van der Waals surface area contributed by atoms with E-state index in [0.717, 1.165) is 22.6 Å². The molecule has 0 amide bonds. The van der Waals surface area contributed by atoms with Gasteiger partial charge in [0.2, 0.25) is 0 Å². The number of thioether (sulfide) groups is 1. The Bertz CT molecular complexity index is 529. The van der Waals surface area contributed by atoms with E-state index in [1.165, 1.54) is 11.8 Å². The standard InChI is InChI=1S/C14H14N2OS/c1-11(17)18-8-2-3-12-4-6-13(7-5-12)14-9-15-10-16-14/h2-7,9-10H,8H2,1H3,(H,15,16). The Balaban J connectivity index is 1.98. The highest BCUT2D eigenvalue weighted by molar-refractivity contribution is 8.13. The lowest BCUT2D eigenvalue weighted by Gasteiger charge is -1.98. The van der Waals surface area contributed by atoms with E-state index in [9.17, 15) is 4.79 Å². The van der Waals surface area contributed by atoms with E-state index >= 15 is 0 Å². The van der Waals surface area contributed by atoms with Crippen LogP contribution in [0, 0.1) is 0 Å². The van der Waals surface area contributed by atoms with Crippen LogP contribution in [0.3, 0.4) is 0 Å². The zero-order valence-electron chi connectivity index (χ0n) is 10.1. The first-order valence-electron chi connectivity index (χ1n) is 5.64. The molecule has 1 aromatic heterocycles. The number of carbonyl (C=O) groups is 1. The van der Waals surface area contributed by atoms with Gasteiger partial charge in [0.25, 0.3) is 0 Å². The zero-order valence-corrected chi connectivity index (χ0v) is 10.9. The summed E-state index contributed by atoms with van der Waals surface area (Å²) in [5.41, 5.74) is 3.25. The van der Waals surface area contributed by atoms with Crippen molar-refractivity contribution in [3.8, 4) is 11.3 Å².